The van der Waals surface area contributed by atoms with Gasteiger partial charge in [-0.05, 0) is 108 Å². The molecule has 2 saturated heterocycles. The first-order chi connectivity index (χ1) is 40.4. The molecule has 2 aromatic heterocycles. The number of ketones is 1. The number of hydrazine groups is 2. The molecular weight excluding hydrogens is 1130 g/mol. The summed E-state index contributed by atoms with van der Waals surface area (Å²) in [4.78, 5) is 114. The van der Waals surface area contributed by atoms with Crippen LogP contribution in [0.5, 0.6) is 0 Å². The van der Waals surface area contributed by atoms with Crippen LogP contribution in [0.1, 0.15) is 143 Å². The van der Waals surface area contributed by atoms with Crippen molar-refractivity contribution in [1.82, 2.24) is 46.8 Å². The number of halogens is 2. The van der Waals surface area contributed by atoms with Gasteiger partial charge in [-0.15, -0.1) is 23.2 Å². The number of pyridine rings is 2. The molecule has 21 heteroatoms. The van der Waals surface area contributed by atoms with Crippen molar-refractivity contribution >= 4 is 104 Å². The van der Waals surface area contributed by atoms with Crippen LogP contribution in [0.2, 0.25) is 0 Å². The van der Waals surface area contributed by atoms with Crippen LogP contribution < -0.4 is 26.8 Å². The van der Waals surface area contributed by atoms with E-state index in [-0.39, 0.29) is 53.6 Å². The quantitative estimate of drug-likeness (QED) is 0.0476. The minimum absolute atomic E-state index is 0.0452. The number of benzene rings is 2. The normalized spacial score (nSPS) is 22.4. The van der Waals surface area contributed by atoms with Gasteiger partial charge < -0.3 is 25.4 Å². The van der Waals surface area contributed by atoms with Crippen molar-refractivity contribution in [3.05, 3.63) is 108 Å². The second-order valence-electron chi connectivity index (χ2n) is 22.4. The van der Waals surface area contributed by atoms with Crippen molar-refractivity contribution in [3.63, 3.8) is 0 Å². The average Bonchev–Trinajstić information content (AvgIpc) is 3.72. The highest BCUT2D eigenvalue weighted by molar-refractivity contribution is 6.26. The summed E-state index contributed by atoms with van der Waals surface area (Å²) in [5, 5.41) is 12.9. The first-order valence-electron chi connectivity index (χ1n) is 29.3. The third-order valence-electron chi connectivity index (χ3n) is 14.9. The van der Waals surface area contributed by atoms with Gasteiger partial charge in [-0.3, -0.25) is 48.4 Å². The van der Waals surface area contributed by atoms with Crippen molar-refractivity contribution in [3.8, 4) is 0 Å². The van der Waals surface area contributed by atoms with Gasteiger partial charge >= 0.3 is 11.9 Å². The van der Waals surface area contributed by atoms with Gasteiger partial charge in [0.1, 0.15) is 48.2 Å². The molecule has 2 fully saturated rings. The van der Waals surface area contributed by atoms with E-state index in [0.29, 0.717) is 61.9 Å². The van der Waals surface area contributed by atoms with Gasteiger partial charge in [0.15, 0.2) is 0 Å². The van der Waals surface area contributed by atoms with Gasteiger partial charge in [0, 0.05) is 53.9 Å². The maximum Gasteiger partial charge on any atom is 0.325 e. The zero-order valence-electron chi connectivity index (χ0n) is 50.8. The molecule has 0 aliphatic carbocycles. The summed E-state index contributed by atoms with van der Waals surface area (Å²) >= 11 is 10.1. The van der Waals surface area contributed by atoms with E-state index in [1.807, 2.05) is 114 Å². The summed E-state index contributed by atoms with van der Waals surface area (Å²) in [6.45, 7) is 24.1. The lowest BCUT2D eigenvalue weighted by molar-refractivity contribution is -0.158. The highest BCUT2D eigenvalue weighted by atomic mass is 35.5. The summed E-state index contributed by atoms with van der Waals surface area (Å²) < 4.78 is 11.5. The van der Waals surface area contributed by atoms with Crippen molar-refractivity contribution in [2.24, 2.45) is 29.6 Å². The third-order valence-corrected chi connectivity index (χ3v) is 15.5. The number of rotatable bonds is 13. The summed E-state index contributed by atoms with van der Waals surface area (Å²) in [5.41, 5.74) is 10.6. The second kappa shape index (κ2) is 33.0. The average molecular weight is 1210 g/mol. The van der Waals surface area contributed by atoms with E-state index in [2.05, 4.69) is 38.4 Å². The molecule has 85 heavy (non-hydrogen) atoms. The Labute approximate surface area is 509 Å². The Balaban J connectivity index is 0.000000293. The fourth-order valence-electron chi connectivity index (χ4n) is 9.65. The van der Waals surface area contributed by atoms with Gasteiger partial charge in [-0.2, -0.15) is 0 Å². The molecule has 460 valence electrons. The summed E-state index contributed by atoms with van der Waals surface area (Å²) in [7, 11) is 0. The van der Waals surface area contributed by atoms with E-state index in [9.17, 15) is 38.4 Å². The molecule has 0 saturated carbocycles. The predicted molar refractivity (Wildman–Crippen MR) is 332 cm³/mol. The van der Waals surface area contributed by atoms with Gasteiger partial charge in [-0.25, -0.2) is 20.8 Å². The number of Topliss-reactive ketones (excluding diaryl/α,β-unsaturated/α-hetero) is 1. The van der Waals surface area contributed by atoms with Crippen LogP contribution in [-0.4, -0.2) is 122 Å². The molecule has 5 amide bonds. The zero-order chi connectivity index (χ0) is 62.7. The highest BCUT2D eigenvalue weighted by Crippen LogP contribution is 2.26. The molecule has 5 N–H and O–H groups in total. The number of allylic oxidation sites excluding steroid dienone is 2. The summed E-state index contributed by atoms with van der Waals surface area (Å²) in [6.07, 6.45) is 10.1. The molecule has 0 spiro atoms. The Morgan fingerprint density at radius 3 is 2.14 bits per heavy atom. The first-order valence-corrected chi connectivity index (χ1v) is 30.3. The Kier molecular flexibility index (Phi) is 26.7. The van der Waals surface area contributed by atoms with Crippen LogP contribution in [0.25, 0.3) is 34.0 Å². The molecular formula is C64H85Cl2N9O10. The van der Waals surface area contributed by atoms with Gasteiger partial charge in [0.05, 0.1) is 28.3 Å². The minimum Gasteiger partial charge on any atom is -0.455 e. The first kappa shape index (κ1) is 68.7. The topological polar surface area (TPSA) is 247 Å². The number of amides is 5. The SMILES string of the molecule is C=Cc1ccc2ccc([C@@H](C)OC(=O)[C@@H]3CCCN(C(=O)[C@H](C)NC(=O)[C@@H](NC(=O)[C@@H](C)/C=C/C)C(C)C)N3)nc2c1.CC(C)[C@@H]1CC(=O)[C@@H](C)/C=C/c2ccc3ccc(nc3c2)[C@@H](C)OC(=O)[C@@H]2CCCN(N2)C(=O)[C@H](C)NC1=O.ClCCCl. The van der Waals surface area contributed by atoms with E-state index in [1.54, 1.807) is 52.8 Å². The molecule has 5 heterocycles. The van der Waals surface area contributed by atoms with E-state index in [4.69, 9.17) is 37.7 Å². The Morgan fingerprint density at radius 1 is 0.824 bits per heavy atom. The molecule has 0 unspecified atom stereocenters. The smallest absolute Gasteiger partial charge is 0.325 e. The molecule has 0 radical (unpaired) electrons. The zero-order valence-corrected chi connectivity index (χ0v) is 52.3. The number of carbonyl (C=O) groups is 8. The lowest BCUT2D eigenvalue weighted by atomic mass is 9.86. The Bertz CT molecular complexity index is 3080. The number of alkyl halides is 2. The number of aromatic nitrogens is 2. The van der Waals surface area contributed by atoms with Crippen LogP contribution in [0.4, 0.5) is 0 Å². The van der Waals surface area contributed by atoms with Crippen molar-refractivity contribution in [2.45, 2.75) is 151 Å². The van der Waals surface area contributed by atoms with Gasteiger partial charge in [-0.1, -0.05) is 115 Å². The molecule has 4 aromatic rings. The number of carbonyl (C=O) groups excluding carboxylic acids is 8. The Hall–Kier alpha value is -7.06. The van der Waals surface area contributed by atoms with E-state index in [0.717, 1.165) is 32.9 Å². The minimum atomic E-state index is -0.882. The maximum atomic E-state index is 13.2. The number of esters is 2. The summed E-state index contributed by atoms with van der Waals surface area (Å²) in [6, 6.07) is 15.3. The van der Waals surface area contributed by atoms with E-state index >= 15 is 0 Å². The number of nitrogens with zero attached hydrogens (tertiary/aromatic N) is 4. The van der Waals surface area contributed by atoms with Crippen molar-refractivity contribution < 1.29 is 47.8 Å². The molecule has 5 bridgehead atoms. The summed E-state index contributed by atoms with van der Waals surface area (Å²) in [5.74, 6) is -3.31. The fraction of sp³-hybridized carbons (Fsp3) is 0.500. The second-order valence-corrected chi connectivity index (χ2v) is 23.2. The largest absolute Gasteiger partial charge is 0.455 e. The number of cyclic esters (lactones) is 1. The number of nitrogens with one attached hydrogen (secondary N) is 5. The van der Waals surface area contributed by atoms with Gasteiger partial charge in [0.25, 0.3) is 11.8 Å². The maximum absolute atomic E-state index is 13.2. The monoisotopic (exact) mass is 1210 g/mol. The van der Waals surface area contributed by atoms with Crippen molar-refractivity contribution in [1.29, 1.82) is 0 Å². The molecule has 2 aromatic carbocycles. The molecule has 19 nitrogen and oxygen atoms in total. The lowest BCUT2D eigenvalue weighted by Gasteiger charge is -2.35. The number of hydrogen-bond acceptors (Lipinski definition) is 14. The number of hydrogen-bond donors (Lipinski definition) is 5. The predicted octanol–water partition coefficient (Wildman–Crippen LogP) is 9.03. The molecule has 3 aliphatic heterocycles. The third kappa shape index (κ3) is 19.7. The fourth-order valence-corrected chi connectivity index (χ4v) is 9.65. The molecule has 10 atom stereocenters. The number of fused-ring (bicyclic) bond motifs is 5. The van der Waals surface area contributed by atoms with Crippen LogP contribution in [0, 0.1) is 29.6 Å². The van der Waals surface area contributed by atoms with Crippen LogP contribution in [-0.2, 0) is 47.8 Å². The molecule has 7 rings (SSSR count). The lowest BCUT2D eigenvalue weighted by Crippen LogP contribution is -2.61. The number of ether oxygens (including phenoxy) is 2. The Morgan fingerprint density at radius 2 is 1.48 bits per heavy atom. The van der Waals surface area contributed by atoms with E-state index in [1.165, 1.54) is 10.0 Å². The van der Waals surface area contributed by atoms with E-state index < -0.39 is 72.1 Å². The standard InChI is InChI=1S/C32H43N5O5.C30H38N4O5.C2H4Cl2/c1-8-11-20(5)29(38)35-28(19(3)4)30(39)33-21(6)31(40)37-17-10-12-26(36-37)32(41)42-22(7)25-16-15-24-14-13-23(9-2)18-27(24)34-25;1-17(2)23-16-27(35)18(3)8-9-21-10-11-22-12-13-24(32-26(22)15-21)20(5)39-30(38)25-7-6-14-34(33-25)29(37)19(4)31-28(23)36;3-1-2-4/h8-9,11,13-16,18-22,26,28,36H,2,10,12,17H2,1,3-7H3,(H,33,39)(H,35,38);8-13,15,17-20,23,25,33H,6-7,14,16H2,1-5H3,(H,31,36);1-2H2/b11-8+;9-8+;/t20-,21-,22+,26-,28-;18-,19-,20+,23-,25-;/m00./s1. The highest BCUT2D eigenvalue weighted by Gasteiger charge is 2.36. The molecule has 3 aliphatic rings. The van der Waals surface area contributed by atoms with Crippen LogP contribution in [0.15, 0.2) is 85.5 Å². The van der Waals surface area contributed by atoms with Gasteiger partial charge in [0.2, 0.25) is 17.7 Å². The van der Waals surface area contributed by atoms with Crippen LogP contribution >= 0.6 is 23.2 Å². The van der Waals surface area contributed by atoms with Crippen molar-refractivity contribution in [2.75, 3.05) is 24.8 Å². The van der Waals surface area contributed by atoms with Crippen LogP contribution in [0.3, 0.4) is 0 Å².